The zero-order valence-corrected chi connectivity index (χ0v) is 59.0. The maximum Gasteiger partial charge on any atom is 0.245 e. The van der Waals surface area contributed by atoms with Gasteiger partial charge in [0.15, 0.2) is 11.9 Å². The Labute approximate surface area is 582 Å². The Bertz CT molecular complexity index is 3250. The Balaban J connectivity index is 2.07. The summed E-state index contributed by atoms with van der Waals surface area (Å²) < 4.78 is 0. The Morgan fingerprint density at radius 2 is 1.22 bits per heavy atom. The fraction of sp³-hybridized carbons (Fsp3) is 0.631. The molecule has 11 atom stereocenters. The summed E-state index contributed by atoms with van der Waals surface area (Å²) in [5.41, 5.74) is 34.1. The molecule has 0 spiro atoms. The molecule has 2 aromatic rings. The van der Waals surface area contributed by atoms with Crippen LogP contribution in [0.2, 0.25) is 0 Å². The standard InChI is InChI=1S/C65H107N21O14/c1-11-35(6)52-62(100)83-44(27-34(4)5)59(97)85-48(61(99)80-42(19-15-24-74-64(70)71)57(95)81-43(26-33(2)3)58(96)84-47(30-65(8,9)10)60(98)79-40(53(67)91)20-21-49(66)88)32-76-55(93)46(29-51(90)86-52)82-56(94)41(18-14-23-73-63(68)69)78-50(89)22-25-72-54(92)45(77-36(7)87)28-37-31-75-39-17-13-12-16-38(37)39/h12-13,16-17,31,33-35,40-48,52,75H,11,14-15,18-30,32H2,1-10H3,(H2,66,88)(H2,67,91)(H,72,92)(H,76,93)(H,77,87)(H,78,89)(H,79,98)(H,80,99)(H,81,95)(H,82,94)(H,83,100)(H,84,96)(H,85,97)(H,86,90)(H4,68,69,73)(H4,70,71,74)/t35-,40-,41-,42-,43-,44-,45-,46-,47?,48?,52-/m0/s1. The van der Waals surface area contributed by atoms with E-state index < -0.39 is 174 Å². The molecule has 1 aliphatic heterocycles. The van der Waals surface area contributed by atoms with E-state index in [4.69, 9.17) is 34.4 Å². The molecule has 14 amide bonds. The summed E-state index contributed by atoms with van der Waals surface area (Å²) in [5.74, 6) is -13.7. The number of guanidine groups is 2. The minimum Gasteiger partial charge on any atom is -0.370 e. The molecule has 0 aliphatic carbocycles. The van der Waals surface area contributed by atoms with Crippen molar-refractivity contribution in [3.8, 4) is 0 Å². The third-order valence-corrected chi connectivity index (χ3v) is 16.0. The van der Waals surface area contributed by atoms with Crippen LogP contribution in [0.15, 0.2) is 40.4 Å². The minimum absolute atomic E-state index is 0.00534. The number of nitrogens with zero attached hydrogens (tertiary/aromatic N) is 2. The lowest BCUT2D eigenvalue weighted by molar-refractivity contribution is -0.137. The average molecular weight is 1410 g/mol. The number of nitrogens with one attached hydrogen (secondary N) is 13. The van der Waals surface area contributed by atoms with Gasteiger partial charge in [-0.2, -0.15) is 0 Å². The first-order valence-electron chi connectivity index (χ1n) is 33.6. The molecular formula is C65H107N21O14. The van der Waals surface area contributed by atoms with E-state index in [1.807, 2.05) is 24.3 Å². The number of aromatic nitrogens is 1. The highest BCUT2D eigenvalue weighted by Crippen LogP contribution is 2.23. The maximum atomic E-state index is 14.9. The molecule has 1 aliphatic rings. The second kappa shape index (κ2) is 41.3. The first kappa shape index (κ1) is 84.1. The number of carbonyl (C=O) groups is 14. The zero-order chi connectivity index (χ0) is 75.1. The summed E-state index contributed by atoms with van der Waals surface area (Å²) in [6, 6.07) is -7.05. The van der Waals surface area contributed by atoms with E-state index in [1.54, 1.807) is 68.5 Å². The summed E-state index contributed by atoms with van der Waals surface area (Å²) in [6.07, 6.45) is 0.119. The Morgan fingerprint density at radius 3 is 1.79 bits per heavy atom. The van der Waals surface area contributed by atoms with Gasteiger partial charge in [-0.15, -0.1) is 0 Å². The number of aliphatic imine (C=N–C) groups is 2. The van der Waals surface area contributed by atoms with Gasteiger partial charge < -0.3 is 103 Å². The highest BCUT2D eigenvalue weighted by atomic mass is 16.2. The normalized spacial score (nSPS) is 18.2. The zero-order valence-electron chi connectivity index (χ0n) is 59.0. The number of fused-ring (bicyclic) bond motifs is 1. The fourth-order valence-corrected chi connectivity index (χ4v) is 10.8. The molecule has 25 N–H and O–H groups in total. The highest BCUT2D eigenvalue weighted by Gasteiger charge is 2.39. The van der Waals surface area contributed by atoms with Gasteiger partial charge in [-0.05, 0) is 86.2 Å². The van der Waals surface area contributed by atoms with Gasteiger partial charge in [-0.25, -0.2) is 0 Å². The van der Waals surface area contributed by atoms with Crippen LogP contribution in [-0.4, -0.2) is 186 Å². The van der Waals surface area contributed by atoms with Crippen molar-refractivity contribution in [1.29, 1.82) is 0 Å². The number of para-hydroxylation sites is 1. The largest absolute Gasteiger partial charge is 0.370 e. The maximum absolute atomic E-state index is 14.9. The molecule has 2 heterocycles. The van der Waals surface area contributed by atoms with Crippen LogP contribution in [0, 0.1) is 23.2 Å². The van der Waals surface area contributed by atoms with Crippen LogP contribution in [0.25, 0.3) is 10.9 Å². The summed E-state index contributed by atoms with van der Waals surface area (Å²) >= 11 is 0. The van der Waals surface area contributed by atoms with E-state index in [2.05, 4.69) is 78.8 Å². The number of H-pyrrole nitrogens is 1. The van der Waals surface area contributed by atoms with Crippen LogP contribution in [0.1, 0.15) is 152 Å². The Hall–Kier alpha value is -10.1. The molecule has 0 saturated carbocycles. The van der Waals surface area contributed by atoms with Crippen LogP contribution in [0.3, 0.4) is 0 Å². The molecule has 100 heavy (non-hydrogen) atoms. The number of amides is 14. The van der Waals surface area contributed by atoms with E-state index in [0.717, 1.165) is 16.5 Å². The third kappa shape index (κ3) is 30.7. The van der Waals surface area contributed by atoms with Crippen molar-refractivity contribution in [3.63, 3.8) is 0 Å². The second-order valence-electron chi connectivity index (χ2n) is 27.1. The van der Waals surface area contributed by atoms with Crippen molar-refractivity contribution in [2.75, 3.05) is 26.2 Å². The molecule has 1 fully saturated rings. The number of aromatic amines is 1. The van der Waals surface area contributed by atoms with Gasteiger partial charge in [0.05, 0.1) is 6.42 Å². The second-order valence-corrected chi connectivity index (χ2v) is 27.1. The van der Waals surface area contributed by atoms with Gasteiger partial charge in [0.1, 0.15) is 60.4 Å². The van der Waals surface area contributed by atoms with E-state index >= 15 is 0 Å². The highest BCUT2D eigenvalue weighted by molar-refractivity contribution is 6.00. The van der Waals surface area contributed by atoms with E-state index in [1.165, 1.54) is 6.92 Å². The molecule has 556 valence electrons. The Kier molecular flexibility index (Phi) is 34.8. The van der Waals surface area contributed by atoms with Gasteiger partial charge in [-0.1, -0.05) is 86.9 Å². The number of primary amides is 2. The third-order valence-electron chi connectivity index (χ3n) is 16.0. The molecule has 2 unspecified atom stereocenters. The predicted molar refractivity (Wildman–Crippen MR) is 372 cm³/mol. The number of benzene rings is 1. The molecule has 1 aromatic carbocycles. The smallest absolute Gasteiger partial charge is 0.245 e. The van der Waals surface area contributed by atoms with Crippen molar-refractivity contribution in [2.24, 2.45) is 67.6 Å². The molecule has 0 bridgehead atoms. The van der Waals surface area contributed by atoms with Crippen LogP contribution >= 0.6 is 0 Å². The summed E-state index contributed by atoms with van der Waals surface area (Å²) in [7, 11) is 0. The van der Waals surface area contributed by atoms with Gasteiger partial charge in [0.25, 0.3) is 0 Å². The van der Waals surface area contributed by atoms with Crippen LogP contribution in [-0.2, 0) is 73.5 Å². The number of hydrogen-bond donors (Lipinski definition) is 19. The van der Waals surface area contributed by atoms with Crippen LogP contribution < -0.4 is 98.2 Å². The van der Waals surface area contributed by atoms with Crippen molar-refractivity contribution in [1.82, 2.24) is 68.8 Å². The molecule has 1 aromatic heterocycles. The molecule has 0 radical (unpaired) electrons. The van der Waals surface area contributed by atoms with E-state index in [9.17, 15) is 67.1 Å². The molecule has 35 heteroatoms. The van der Waals surface area contributed by atoms with Crippen LogP contribution in [0.5, 0.6) is 0 Å². The van der Waals surface area contributed by atoms with Gasteiger partial charge >= 0.3 is 0 Å². The number of carbonyl (C=O) groups excluding carboxylic acids is 14. The van der Waals surface area contributed by atoms with Crippen molar-refractivity contribution in [3.05, 3.63) is 36.0 Å². The summed E-state index contributed by atoms with van der Waals surface area (Å²) in [5, 5.41) is 32.2. The number of rotatable bonds is 37. The van der Waals surface area contributed by atoms with Gasteiger partial charge in [-0.3, -0.25) is 77.1 Å². The summed E-state index contributed by atoms with van der Waals surface area (Å²) in [6.45, 7) is 15.9. The first-order valence-corrected chi connectivity index (χ1v) is 33.6. The van der Waals surface area contributed by atoms with E-state index in [-0.39, 0.29) is 108 Å². The fourth-order valence-electron chi connectivity index (χ4n) is 10.8. The molecule has 3 rings (SSSR count). The molecule has 35 nitrogen and oxygen atoms in total. The minimum atomic E-state index is -1.83. The topological polar surface area (TPSA) is 580 Å². The van der Waals surface area contributed by atoms with Crippen LogP contribution in [0.4, 0.5) is 0 Å². The lowest BCUT2D eigenvalue weighted by Crippen LogP contribution is -2.63. The monoisotopic (exact) mass is 1410 g/mol. The molecular weight excluding hydrogens is 1300 g/mol. The van der Waals surface area contributed by atoms with Crippen molar-refractivity contribution < 1.29 is 67.1 Å². The predicted octanol–water partition coefficient (Wildman–Crippen LogP) is -3.96. The Morgan fingerprint density at radius 1 is 0.630 bits per heavy atom. The van der Waals surface area contributed by atoms with Crippen molar-refractivity contribution in [2.45, 2.75) is 213 Å². The van der Waals surface area contributed by atoms with Crippen molar-refractivity contribution >= 4 is 106 Å². The summed E-state index contributed by atoms with van der Waals surface area (Å²) in [4.78, 5) is 205. The lowest BCUT2D eigenvalue weighted by atomic mass is 9.87. The van der Waals surface area contributed by atoms with Gasteiger partial charge in [0, 0.05) is 69.5 Å². The van der Waals surface area contributed by atoms with Gasteiger partial charge in [0.2, 0.25) is 82.7 Å². The quantitative estimate of drug-likeness (QED) is 0.0174. The van der Waals surface area contributed by atoms with E-state index in [0.29, 0.717) is 6.42 Å². The molecule has 1 saturated heterocycles. The average Bonchev–Trinajstić information content (AvgIpc) is 1.64. The SMILES string of the molecule is CC[C@H](C)[C@@H]1NC(=O)C[C@H](NC(=O)[C@H](CCCN=C(N)N)NC(=O)CCNC(=O)[C@H](Cc2c[nH]c3ccccc23)NC(C)=O)C(=O)NCC(C(=O)N[C@@H](CCCN=C(N)N)C(=O)N[C@@H](CC(C)C)C(=O)NC(CC(C)(C)C)C(=O)N[C@@H](CCC(N)=O)C(N)=O)NC(=O)[C@H](CC(C)C)NC1=O. The lowest BCUT2D eigenvalue weighted by Gasteiger charge is -2.31. The number of hydrogen-bond acceptors (Lipinski definition) is 16. The number of nitrogens with two attached hydrogens (primary N) is 6. The first-order chi connectivity index (χ1) is 46.9.